The minimum Gasteiger partial charge on any atom is -0.496 e. The second-order valence-electron chi connectivity index (χ2n) is 4.65. The van der Waals surface area contributed by atoms with Crippen LogP contribution in [-0.2, 0) is 10.2 Å². The van der Waals surface area contributed by atoms with Gasteiger partial charge in [0.2, 0.25) is 0 Å². The Kier molecular flexibility index (Phi) is 2.81. The van der Waals surface area contributed by atoms with Gasteiger partial charge in [0.1, 0.15) is 11.6 Å². The Labute approximate surface area is 99.2 Å². The number of hydrogen-bond acceptors (Lipinski definition) is 2. The van der Waals surface area contributed by atoms with Crippen molar-refractivity contribution in [2.75, 3.05) is 7.11 Å². The molecule has 2 rings (SSSR count). The van der Waals surface area contributed by atoms with Gasteiger partial charge in [0.05, 0.1) is 13.5 Å². The molecule has 0 amide bonds. The summed E-state index contributed by atoms with van der Waals surface area (Å²) in [5.74, 6) is -0.751. The van der Waals surface area contributed by atoms with Crippen molar-refractivity contribution in [2.45, 2.75) is 31.6 Å². The molecule has 1 saturated carbocycles. The average molecular weight is 238 g/mol. The van der Waals surface area contributed by atoms with Gasteiger partial charge in [-0.15, -0.1) is 0 Å². The maximum absolute atomic E-state index is 13.9. The summed E-state index contributed by atoms with van der Waals surface area (Å²) < 4.78 is 19.0. The molecular formula is C13H15FO3. The number of halogens is 1. The molecule has 0 aromatic heterocycles. The van der Waals surface area contributed by atoms with Crippen LogP contribution < -0.4 is 4.74 Å². The van der Waals surface area contributed by atoms with E-state index in [1.54, 1.807) is 6.07 Å². The number of carbonyl (C=O) groups is 1. The summed E-state index contributed by atoms with van der Waals surface area (Å²) in [6.45, 7) is 1.83. The first-order chi connectivity index (χ1) is 7.98. The highest BCUT2D eigenvalue weighted by molar-refractivity contribution is 5.70. The van der Waals surface area contributed by atoms with Gasteiger partial charge in [0.15, 0.2) is 0 Å². The smallest absolute Gasteiger partial charge is 0.304 e. The minimum absolute atomic E-state index is 0.00428. The fourth-order valence-electron chi connectivity index (χ4n) is 2.27. The zero-order valence-electron chi connectivity index (χ0n) is 9.92. The number of carboxylic acid groups (broad SMARTS) is 1. The van der Waals surface area contributed by atoms with Gasteiger partial charge in [-0.3, -0.25) is 4.79 Å². The number of rotatable bonds is 4. The second-order valence-corrected chi connectivity index (χ2v) is 4.65. The lowest BCUT2D eigenvalue weighted by molar-refractivity contribution is -0.137. The molecule has 4 heteroatoms. The Balaban J connectivity index is 2.39. The van der Waals surface area contributed by atoms with Crippen LogP contribution in [0.3, 0.4) is 0 Å². The topological polar surface area (TPSA) is 46.5 Å². The van der Waals surface area contributed by atoms with Gasteiger partial charge in [0, 0.05) is 11.5 Å². The molecule has 3 nitrogen and oxygen atoms in total. The Morgan fingerprint density at radius 3 is 2.65 bits per heavy atom. The van der Waals surface area contributed by atoms with Crippen molar-refractivity contribution in [1.82, 2.24) is 0 Å². The van der Waals surface area contributed by atoms with Crippen LogP contribution in [0.15, 0.2) is 12.1 Å². The number of aliphatic carboxylic acids is 1. The van der Waals surface area contributed by atoms with E-state index in [1.165, 1.54) is 13.2 Å². The molecule has 0 aliphatic heterocycles. The van der Waals surface area contributed by atoms with Gasteiger partial charge in [-0.1, -0.05) is 0 Å². The van der Waals surface area contributed by atoms with E-state index in [4.69, 9.17) is 9.84 Å². The number of aryl methyl sites for hydroxylation is 1. The molecule has 0 heterocycles. The van der Waals surface area contributed by atoms with E-state index >= 15 is 0 Å². The van der Waals surface area contributed by atoms with Crippen LogP contribution in [0.25, 0.3) is 0 Å². The van der Waals surface area contributed by atoms with Crippen molar-refractivity contribution >= 4 is 5.97 Å². The molecule has 0 saturated heterocycles. The third-order valence-corrected chi connectivity index (χ3v) is 3.40. The van der Waals surface area contributed by atoms with Crippen molar-refractivity contribution in [3.63, 3.8) is 0 Å². The van der Waals surface area contributed by atoms with Crippen LogP contribution in [0.2, 0.25) is 0 Å². The van der Waals surface area contributed by atoms with Gasteiger partial charge >= 0.3 is 5.97 Å². The normalized spacial score (nSPS) is 16.6. The summed E-state index contributed by atoms with van der Waals surface area (Å²) in [5, 5.41) is 8.86. The van der Waals surface area contributed by atoms with Crippen LogP contribution in [0, 0.1) is 12.7 Å². The van der Waals surface area contributed by atoms with E-state index in [0.29, 0.717) is 11.3 Å². The van der Waals surface area contributed by atoms with Gasteiger partial charge < -0.3 is 9.84 Å². The predicted molar refractivity (Wildman–Crippen MR) is 60.9 cm³/mol. The Morgan fingerprint density at radius 2 is 2.18 bits per heavy atom. The van der Waals surface area contributed by atoms with Crippen LogP contribution in [0.1, 0.15) is 30.4 Å². The Bertz CT molecular complexity index is 464. The molecule has 1 N–H and O–H groups in total. The lowest BCUT2D eigenvalue weighted by Gasteiger charge is -2.16. The van der Waals surface area contributed by atoms with Crippen LogP contribution >= 0.6 is 0 Å². The van der Waals surface area contributed by atoms with Crippen LogP contribution in [0.4, 0.5) is 4.39 Å². The molecule has 0 radical (unpaired) electrons. The second kappa shape index (κ2) is 4.02. The highest BCUT2D eigenvalue weighted by Gasteiger charge is 2.47. The minimum atomic E-state index is -0.879. The molecule has 17 heavy (non-hydrogen) atoms. The molecule has 1 aromatic carbocycles. The quantitative estimate of drug-likeness (QED) is 0.877. The summed E-state index contributed by atoms with van der Waals surface area (Å²) in [6, 6.07) is 3.05. The molecule has 1 aromatic rings. The first-order valence-corrected chi connectivity index (χ1v) is 5.55. The number of ether oxygens (including phenoxy) is 1. The SMILES string of the molecule is COc1cc(F)c(C2(CC(=O)O)CC2)cc1C. The molecular weight excluding hydrogens is 223 g/mol. The van der Waals surface area contributed by atoms with Gasteiger partial charge in [-0.2, -0.15) is 0 Å². The summed E-state index contributed by atoms with van der Waals surface area (Å²) >= 11 is 0. The zero-order chi connectivity index (χ0) is 12.6. The van der Waals surface area contributed by atoms with Crippen molar-refractivity contribution in [3.8, 4) is 5.75 Å². The van der Waals surface area contributed by atoms with E-state index < -0.39 is 11.4 Å². The monoisotopic (exact) mass is 238 g/mol. The first kappa shape index (κ1) is 11.9. The summed E-state index contributed by atoms with van der Waals surface area (Å²) in [6.07, 6.45) is 1.47. The fourth-order valence-corrected chi connectivity index (χ4v) is 2.27. The highest BCUT2D eigenvalue weighted by Crippen LogP contribution is 2.52. The van der Waals surface area contributed by atoms with E-state index in [9.17, 15) is 9.18 Å². The molecule has 1 aliphatic carbocycles. The standard InChI is InChI=1S/C13H15FO3/c1-8-5-9(10(14)6-11(8)17-2)13(3-4-13)7-12(15)16/h5-6H,3-4,7H2,1-2H3,(H,15,16). The van der Waals surface area contributed by atoms with Crippen molar-refractivity contribution in [3.05, 3.63) is 29.1 Å². The van der Waals surface area contributed by atoms with Crippen molar-refractivity contribution in [1.29, 1.82) is 0 Å². The highest BCUT2D eigenvalue weighted by atomic mass is 19.1. The predicted octanol–water partition coefficient (Wildman–Crippen LogP) is 2.65. The van der Waals surface area contributed by atoms with Gasteiger partial charge in [-0.25, -0.2) is 4.39 Å². The molecule has 0 unspecified atom stereocenters. The third kappa shape index (κ3) is 2.12. The maximum atomic E-state index is 13.9. The first-order valence-electron chi connectivity index (χ1n) is 5.55. The molecule has 1 fully saturated rings. The lowest BCUT2D eigenvalue weighted by Crippen LogP contribution is -2.15. The van der Waals surface area contributed by atoms with Crippen LogP contribution in [-0.4, -0.2) is 18.2 Å². The Morgan fingerprint density at radius 1 is 1.53 bits per heavy atom. The fraction of sp³-hybridized carbons (Fsp3) is 0.462. The molecule has 0 spiro atoms. The largest absolute Gasteiger partial charge is 0.496 e. The average Bonchev–Trinajstić information content (AvgIpc) is 3.00. The van der Waals surface area contributed by atoms with Crippen molar-refractivity contribution in [2.24, 2.45) is 0 Å². The van der Waals surface area contributed by atoms with Crippen LogP contribution in [0.5, 0.6) is 5.75 Å². The molecule has 1 aliphatic rings. The van der Waals surface area contributed by atoms with E-state index in [-0.39, 0.29) is 12.2 Å². The summed E-state index contributed by atoms with van der Waals surface area (Å²) in [5.41, 5.74) is 0.853. The summed E-state index contributed by atoms with van der Waals surface area (Å²) in [7, 11) is 1.49. The molecule has 0 bridgehead atoms. The third-order valence-electron chi connectivity index (χ3n) is 3.40. The van der Waals surface area contributed by atoms with Gasteiger partial charge in [0.25, 0.3) is 0 Å². The maximum Gasteiger partial charge on any atom is 0.304 e. The zero-order valence-corrected chi connectivity index (χ0v) is 9.92. The number of hydrogen-bond donors (Lipinski definition) is 1. The number of benzene rings is 1. The Hall–Kier alpha value is -1.58. The van der Waals surface area contributed by atoms with Crippen molar-refractivity contribution < 1.29 is 19.0 Å². The molecule has 92 valence electrons. The number of carboxylic acids is 1. The number of methoxy groups -OCH3 is 1. The molecule has 0 atom stereocenters. The summed E-state index contributed by atoms with van der Waals surface area (Å²) in [4.78, 5) is 10.8. The lowest BCUT2D eigenvalue weighted by atomic mass is 9.90. The van der Waals surface area contributed by atoms with E-state index in [0.717, 1.165) is 18.4 Å². The van der Waals surface area contributed by atoms with E-state index in [1.807, 2.05) is 6.92 Å². The van der Waals surface area contributed by atoms with E-state index in [2.05, 4.69) is 0 Å². The van der Waals surface area contributed by atoms with Gasteiger partial charge in [-0.05, 0) is 37.0 Å².